The molecule has 1 aromatic heterocycles. The molecule has 0 fully saturated rings. The van der Waals surface area contributed by atoms with Crippen LogP contribution in [0.1, 0.15) is 6.92 Å². The second kappa shape index (κ2) is 6.12. The maximum Gasteiger partial charge on any atom is 0.262 e. The third-order valence-corrected chi connectivity index (χ3v) is 4.62. The molecule has 1 unspecified atom stereocenters. The fourth-order valence-corrected chi connectivity index (χ4v) is 2.96. The summed E-state index contributed by atoms with van der Waals surface area (Å²) in [7, 11) is 1.10. The van der Waals surface area contributed by atoms with Gasteiger partial charge in [0.15, 0.2) is 5.03 Å². The van der Waals surface area contributed by atoms with Crippen molar-refractivity contribution in [3.63, 3.8) is 0 Å². The molecular formula is C11H19N3O3S. The smallest absolute Gasteiger partial charge is 0.262 e. The Morgan fingerprint density at radius 1 is 1.56 bits per heavy atom. The van der Waals surface area contributed by atoms with Gasteiger partial charge < -0.3 is 10.1 Å². The lowest BCUT2D eigenvalue weighted by molar-refractivity contribution is 0.149. The van der Waals surface area contributed by atoms with Gasteiger partial charge in [-0.1, -0.05) is 0 Å². The van der Waals surface area contributed by atoms with Gasteiger partial charge in [-0.2, -0.15) is 4.31 Å². The van der Waals surface area contributed by atoms with E-state index < -0.39 is 10.0 Å². The number of likely N-dealkylation sites (N-methyl/N-ethyl adjacent to an activating group) is 1. The summed E-state index contributed by atoms with van der Waals surface area (Å²) in [5, 5.41) is 2.85. The molecular weight excluding hydrogens is 254 g/mol. The maximum atomic E-state index is 12.4. The third-order valence-electron chi connectivity index (χ3n) is 2.69. The van der Waals surface area contributed by atoms with Gasteiger partial charge in [-0.15, -0.1) is 0 Å². The molecule has 0 radical (unpaired) electrons. The van der Waals surface area contributed by atoms with Crippen LogP contribution >= 0.6 is 0 Å². The molecule has 1 atom stereocenters. The summed E-state index contributed by atoms with van der Waals surface area (Å²) in [6.07, 6.45) is 1.46. The SMILES string of the molecule is CNc1cccnc1S(=O)(=O)N(C)C(C)COC. The molecule has 1 heterocycles. The Morgan fingerprint density at radius 2 is 2.22 bits per heavy atom. The van der Waals surface area contributed by atoms with E-state index in [1.807, 2.05) is 0 Å². The first-order chi connectivity index (χ1) is 8.45. The van der Waals surface area contributed by atoms with Crippen molar-refractivity contribution in [3.8, 4) is 0 Å². The van der Waals surface area contributed by atoms with Gasteiger partial charge >= 0.3 is 0 Å². The molecule has 7 heteroatoms. The predicted molar refractivity (Wildman–Crippen MR) is 70.1 cm³/mol. The predicted octanol–water partition coefficient (Wildman–Crippen LogP) is 0.779. The average Bonchev–Trinajstić information content (AvgIpc) is 2.38. The number of nitrogens with one attached hydrogen (secondary N) is 1. The number of rotatable bonds is 6. The molecule has 0 aliphatic heterocycles. The number of aromatic nitrogens is 1. The van der Waals surface area contributed by atoms with Crippen LogP contribution < -0.4 is 5.32 Å². The van der Waals surface area contributed by atoms with Crippen LogP contribution in [0.4, 0.5) is 5.69 Å². The van der Waals surface area contributed by atoms with E-state index >= 15 is 0 Å². The Labute approximate surface area is 108 Å². The zero-order valence-corrected chi connectivity index (χ0v) is 11.9. The molecule has 0 aromatic carbocycles. The number of methoxy groups -OCH3 is 1. The number of ether oxygens (including phenoxy) is 1. The highest BCUT2D eigenvalue weighted by molar-refractivity contribution is 7.89. The molecule has 6 nitrogen and oxygen atoms in total. The molecule has 0 amide bonds. The minimum atomic E-state index is -3.62. The van der Waals surface area contributed by atoms with E-state index in [9.17, 15) is 8.42 Å². The van der Waals surface area contributed by atoms with Crippen molar-refractivity contribution in [2.24, 2.45) is 0 Å². The second-order valence-electron chi connectivity index (χ2n) is 3.93. The molecule has 1 rings (SSSR count). The van der Waals surface area contributed by atoms with Crippen LogP contribution in [0.2, 0.25) is 0 Å². The number of hydrogen-bond donors (Lipinski definition) is 1. The summed E-state index contributed by atoms with van der Waals surface area (Å²) in [5.41, 5.74) is 0.481. The lowest BCUT2D eigenvalue weighted by Crippen LogP contribution is -2.38. The lowest BCUT2D eigenvalue weighted by Gasteiger charge is -2.24. The highest BCUT2D eigenvalue weighted by Crippen LogP contribution is 2.21. The van der Waals surface area contributed by atoms with Gasteiger partial charge in [0.1, 0.15) is 0 Å². The number of anilines is 1. The first-order valence-corrected chi connectivity index (χ1v) is 6.99. The Bertz CT molecular complexity index is 490. The molecule has 0 spiro atoms. The largest absolute Gasteiger partial charge is 0.386 e. The van der Waals surface area contributed by atoms with E-state index in [0.717, 1.165) is 0 Å². The van der Waals surface area contributed by atoms with Gasteiger partial charge in [0.05, 0.1) is 12.3 Å². The monoisotopic (exact) mass is 273 g/mol. The van der Waals surface area contributed by atoms with Gasteiger partial charge in [-0.3, -0.25) is 0 Å². The minimum Gasteiger partial charge on any atom is -0.386 e. The van der Waals surface area contributed by atoms with E-state index in [4.69, 9.17) is 4.74 Å². The van der Waals surface area contributed by atoms with E-state index in [0.29, 0.717) is 12.3 Å². The van der Waals surface area contributed by atoms with Crippen LogP contribution in [0.5, 0.6) is 0 Å². The number of pyridine rings is 1. The zero-order valence-electron chi connectivity index (χ0n) is 11.0. The van der Waals surface area contributed by atoms with E-state index in [2.05, 4.69) is 10.3 Å². The van der Waals surface area contributed by atoms with Crippen molar-refractivity contribution in [2.75, 3.05) is 33.1 Å². The number of nitrogens with zero attached hydrogens (tertiary/aromatic N) is 2. The summed E-state index contributed by atoms with van der Waals surface area (Å²) in [6, 6.07) is 3.10. The molecule has 0 aliphatic rings. The van der Waals surface area contributed by atoms with Crippen LogP contribution in [-0.2, 0) is 14.8 Å². The lowest BCUT2D eigenvalue weighted by atomic mass is 10.4. The van der Waals surface area contributed by atoms with Gasteiger partial charge in [0.2, 0.25) is 0 Å². The number of hydrogen-bond acceptors (Lipinski definition) is 5. The molecule has 18 heavy (non-hydrogen) atoms. The average molecular weight is 273 g/mol. The topological polar surface area (TPSA) is 71.5 Å². The Hall–Kier alpha value is -1.18. The summed E-state index contributed by atoms with van der Waals surface area (Å²) in [4.78, 5) is 3.95. The summed E-state index contributed by atoms with van der Waals surface area (Å²) < 4.78 is 31.0. The molecule has 0 saturated carbocycles. The van der Waals surface area contributed by atoms with Crippen molar-refractivity contribution < 1.29 is 13.2 Å². The molecule has 102 valence electrons. The minimum absolute atomic E-state index is 0.0259. The highest BCUT2D eigenvalue weighted by atomic mass is 32.2. The molecule has 0 bridgehead atoms. The first kappa shape index (κ1) is 14.9. The normalized spacial score (nSPS) is 13.6. The third kappa shape index (κ3) is 2.98. The Kier molecular flexibility index (Phi) is 5.06. The van der Waals surface area contributed by atoms with Crippen LogP contribution in [0.3, 0.4) is 0 Å². The van der Waals surface area contributed by atoms with E-state index in [1.54, 1.807) is 26.1 Å². The van der Waals surface area contributed by atoms with Crippen LogP contribution in [0, 0.1) is 0 Å². The van der Waals surface area contributed by atoms with Crippen molar-refractivity contribution >= 4 is 15.7 Å². The molecule has 0 aliphatic carbocycles. The quantitative estimate of drug-likeness (QED) is 0.829. The molecule has 1 N–H and O–H groups in total. The van der Waals surface area contributed by atoms with Crippen LogP contribution in [0.15, 0.2) is 23.4 Å². The van der Waals surface area contributed by atoms with Gasteiger partial charge in [0.25, 0.3) is 10.0 Å². The fourth-order valence-electron chi connectivity index (χ4n) is 1.51. The molecule has 0 saturated heterocycles. The van der Waals surface area contributed by atoms with Gasteiger partial charge in [0, 0.05) is 33.4 Å². The standard InChI is InChI=1S/C11H19N3O3S/c1-9(8-17-4)14(3)18(15,16)11-10(12-2)6-5-7-13-11/h5-7,9,12H,8H2,1-4H3. The fraction of sp³-hybridized carbons (Fsp3) is 0.545. The van der Waals surface area contributed by atoms with Crippen molar-refractivity contribution in [2.45, 2.75) is 18.0 Å². The zero-order chi connectivity index (χ0) is 13.8. The highest BCUT2D eigenvalue weighted by Gasteiger charge is 2.28. The van der Waals surface area contributed by atoms with Crippen molar-refractivity contribution in [1.29, 1.82) is 0 Å². The van der Waals surface area contributed by atoms with Crippen LogP contribution in [-0.4, -0.2) is 51.6 Å². The Balaban J connectivity index is 3.13. The number of sulfonamides is 1. The van der Waals surface area contributed by atoms with E-state index in [1.165, 1.54) is 24.7 Å². The summed E-state index contributed by atoms with van der Waals surface area (Å²) >= 11 is 0. The summed E-state index contributed by atoms with van der Waals surface area (Å²) in [5.74, 6) is 0. The van der Waals surface area contributed by atoms with Crippen LogP contribution in [0.25, 0.3) is 0 Å². The summed E-state index contributed by atoms with van der Waals surface area (Å²) in [6.45, 7) is 2.11. The van der Waals surface area contributed by atoms with Gasteiger partial charge in [-0.25, -0.2) is 13.4 Å². The van der Waals surface area contributed by atoms with Crippen molar-refractivity contribution in [1.82, 2.24) is 9.29 Å². The van der Waals surface area contributed by atoms with E-state index in [-0.39, 0.29) is 11.1 Å². The Morgan fingerprint density at radius 3 is 2.78 bits per heavy atom. The maximum absolute atomic E-state index is 12.4. The second-order valence-corrected chi connectivity index (χ2v) is 5.84. The van der Waals surface area contributed by atoms with Crippen molar-refractivity contribution in [3.05, 3.63) is 18.3 Å². The van der Waals surface area contributed by atoms with Gasteiger partial charge in [-0.05, 0) is 19.1 Å². The molecule has 1 aromatic rings. The first-order valence-electron chi connectivity index (χ1n) is 5.55.